The number of nitrogens with one attached hydrogen (secondary N) is 1. The van der Waals surface area contributed by atoms with Crippen molar-refractivity contribution in [3.63, 3.8) is 0 Å². The van der Waals surface area contributed by atoms with E-state index in [9.17, 15) is 5.11 Å². The molecule has 1 aromatic heterocycles. The van der Waals surface area contributed by atoms with Crippen molar-refractivity contribution in [2.24, 2.45) is 0 Å². The Balaban J connectivity index is 1.59. The molecule has 2 rings (SSSR count). The Bertz CT molecular complexity index is 514. The van der Waals surface area contributed by atoms with Crippen LogP contribution in [0.3, 0.4) is 0 Å². The van der Waals surface area contributed by atoms with Crippen LogP contribution in [0.1, 0.15) is 11.3 Å². The van der Waals surface area contributed by atoms with Gasteiger partial charge in [0.05, 0.1) is 0 Å². The van der Waals surface area contributed by atoms with Gasteiger partial charge in [-0.25, -0.2) is 0 Å². The zero-order valence-corrected chi connectivity index (χ0v) is 12.3. The summed E-state index contributed by atoms with van der Waals surface area (Å²) in [5.41, 5.74) is 2.24. The molecule has 0 aliphatic carbocycles. The summed E-state index contributed by atoms with van der Waals surface area (Å²) in [6.07, 6.45) is 2.13. The van der Waals surface area contributed by atoms with Crippen LogP contribution in [0.25, 0.3) is 0 Å². The molecule has 0 bridgehead atoms. The van der Waals surface area contributed by atoms with Crippen LogP contribution in [0.15, 0.2) is 48.7 Å². The normalized spacial score (nSPS) is 12.1. The standard InChI is InChI=1S/C17H22N2O2/c1-14-5-7-17(8-6-14)21-13-16(20)12-18-11-9-15-4-2-3-10-19-15/h2-8,10,16,18,20H,9,11-13H2,1H3. The molecule has 0 spiro atoms. The van der Waals surface area contributed by atoms with Gasteiger partial charge in [0.15, 0.2) is 0 Å². The predicted molar refractivity (Wildman–Crippen MR) is 83.5 cm³/mol. The zero-order valence-electron chi connectivity index (χ0n) is 12.3. The lowest BCUT2D eigenvalue weighted by Gasteiger charge is -2.13. The predicted octanol–water partition coefficient (Wildman–Crippen LogP) is 1.96. The largest absolute Gasteiger partial charge is 0.491 e. The number of rotatable bonds is 8. The molecule has 4 nitrogen and oxygen atoms in total. The van der Waals surface area contributed by atoms with Crippen LogP contribution >= 0.6 is 0 Å². The van der Waals surface area contributed by atoms with Crippen LogP contribution in [0.2, 0.25) is 0 Å². The summed E-state index contributed by atoms with van der Waals surface area (Å²) < 4.78 is 5.54. The molecule has 1 aromatic carbocycles. The van der Waals surface area contributed by atoms with Crippen LogP contribution in [0.4, 0.5) is 0 Å². The molecule has 2 aromatic rings. The number of ether oxygens (including phenoxy) is 1. The van der Waals surface area contributed by atoms with Gasteiger partial charge in [0.25, 0.3) is 0 Å². The van der Waals surface area contributed by atoms with Crippen molar-refractivity contribution in [1.82, 2.24) is 10.3 Å². The maximum absolute atomic E-state index is 9.86. The Morgan fingerprint density at radius 1 is 1.19 bits per heavy atom. The summed E-state index contributed by atoms with van der Waals surface area (Å²) >= 11 is 0. The van der Waals surface area contributed by atoms with E-state index < -0.39 is 6.10 Å². The van der Waals surface area contributed by atoms with Crippen molar-refractivity contribution in [2.45, 2.75) is 19.4 Å². The highest BCUT2D eigenvalue weighted by molar-refractivity contribution is 5.26. The molecule has 0 aliphatic heterocycles. The van der Waals surface area contributed by atoms with Gasteiger partial charge in [0, 0.05) is 31.4 Å². The van der Waals surface area contributed by atoms with Crippen molar-refractivity contribution in [2.75, 3.05) is 19.7 Å². The van der Waals surface area contributed by atoms with Crippen LogP contribution in [-0.2, 0) is 6.42 Å². The fourth-order valence-corrected chi connectivity index (χ4v) is 1.92. The summed E-state index contributed by atoms with van der Waals surface area (Å²) in [6, 6.07) is 13.7. The summed E-state index contributed by atoms with van der Waals surface area (Å²) in [5, 5.41) is 13.1. The van der Waals surface area contributed by atoms with E-state index in [1.54, 1.807) is 6.20 Å². The van der Waals surface area contributed by atoms with Crippen LogP contribution in [-0.4, -0.2) is 35.9 Å². The van der Waals surface area contributed by atoms with Gasteiger partial charge in [0.2, 0.25) is 0 Å². The van der Waals surface area contributed by atoms with Gasteiger partial charge in [0.1, 0.15) is 18.5 Å². The maximum atomic E-state index is 9.86. The van der Waals surface area contributed by atoms with E-state index in [2.05, 4.69) is 10.3 Å². The van der Waals surface area contributed by atoms with E-state index in [0.717, 1.165) is 24.4 Å². The summed E-state index contributed by atoms with van der Waals surface area (Å²) in [6.45, 7) is 3.63. The molecular weight excluding hydrogens is 264 g/mol. The number of aliphatic hydroxyl groups excluding tert-OH is 1. The van der Waals surface area contributed by atoms with Gasteiger partial charge >= 0.3 is 0 Å². The molecule has 4 heteroatoms. The zero-order chi connectivity index (χ0) is 14.9. The first kappa shape index (κ1) is 15.5. The first-order valence-electron chi connectivity index (χ1n) is 7.22. The Hall–Kier alpha value is -1.91. The average molecular weight is 286 g/mol. The van der Waals surface area contributed by atoms with Crippen LogP contribution in [0.5, 0.6) is 5.75 Å². The van der Waals surface area contributed by atoms with E-state index >= 15 is 0 Å². The van der Waals surface area contributed by atoms with Gasteiger partial charge in [-0.2, -0.15) is 0 Å². The third kappa shape index (κ3) is 5.94. The van der Waals surface area contributed by atoms with Gasteiger partial charge < -0.3 is 15.2 Å². The molecule has 0 aliphatic rings. The van der Waals surface area contributed by atoms with E-state index in [1.807, 2.05) is 49.4 Å². The van der Waals surface area contributed by atoms with E-state index in [4.69, 9.17) is 4.74 Å². The quantitative estimate of drug-likeness (QED) is 0.728. The second-order valence-corrected chi connectivity index (χ2v) is 5.05. The Labute approximate surface area is 125 Å². The van der Waals surface area contributed by atoms with Crippen molar-refractivity contribution >= 4 is 0 Å². The van der Waals surface area contributed by atoms with Crippen molar-refractivity contribution in [3.8, 4) is 5.75 Å². The highest BCUT2D eigenvalue weighted by Crippen LogP contribution is 2.11. The number of aliphatic hydroxyl groups is 1. The number of nitrogens with zero attached hydrogens (tertiary/aromatic N) is 1. The molecule has 1 unspecified atom stereocenters. The van der Waals surface area contributed by atoms with Gasteiger partial charge in [-0.15, -0.1) is 0 Å². The molecule has 112 valence electrons. The maximum Gasteiger partial charge on any atom is 0.119 e. The lowest BCUT2D eigenvalue weighted by molar-refractivity contribution is 0.106. The van der Waals surface area contributed by atoms with Crippen LogP contribution < -0.4 is 10.1 Å². The van der Waals surface area contributed by atoms with Crippen LogP contribution in [0, 0.1) is 6.92 Å². The number of benzene rings is 1. The summed E-state index contributed by atoms with van der Waals surface area (Å²) in [4.78, 5) is 4.25. The van der Waals surface area contributed by atoms with Crippen molar-refractivity contribution in [3.05, 3.63) is 59.9 Å². The van der Waals surface area contributed by atoms with Gasteiger partial charge in [-0.05, 0) is 31.2 Å². The SMILES string of the molecule is Cc1ccc(OCC(O)CNCCc2ccccn2)cc1. The lowest BCUT2D eigenvalue weighted by atomic mass is 10.2. The van der Waals surface area contributed by atoms with E-state index in [1.165, 1.54) is 5.56 Å². The lowest BCUT2D eigenvalue weighted by Crippen LogP contribution is -2.32. The molecular formula is C17H22N2O2. The molecule has 0 amide bonds. The fraction of sp³-hybridized carbons (Fsp3) is 0.353. The number of aromatic nitrogens is 1. The van der Waals surface area contributed by atoms with Crippen molar-refractivity contribution < 1.29 is 9.84 Å². The minimum atomic E-state index is -0.518. The molecule has 0 saturated carbocycles. The minimum Gasteiger partial charge on any atom is -0.491 e. The molecule has 2 N–H and O–H groups in total. The molecule has 0 saturated heterocycles. The number of hydrogen-bond acceptors (Lipinski definition) is 4. The topological polar surface area (TPSA) is 54.4 Å². The first-order valence-corrected chi connectivity index (χ1v) is 7.22. The number of aryl methyl sites for hydroxylation is 1. The Morgan fingerprint density at radius 3 is 2.71 bits per heavy atom. The molecule has 1 atom stereocenters. The molecule has 0 fully saturated rings. The smallest absolute Gasteiger partial charge is 0.119 e. The Morgan fingerprint density at radius 2 is 2.00 bits per heavy atom. The molecule has 21 heavy (non-hydrogen) atoms. The first-order chi connectivity index (χ1) is 10.2. The molecule has 0 radical (unpaired) electrons. The summed E-state index contributed by atoms with van der Waals surface area (Å²) in [5.74, 6) is 0.785. The number of pyridine rings is 1. The molecule has 1 heterocycles. The van der Waals surface area contributed by atoms with Crippen molar-refractivity contribution in [1.29, 1.82) is 0 Å². The minimum absolute atomic E-state index is 0.291. The summed E-state index contributed by atoms with van der Waals surface area (Å²) in [7, 11) is 0. The van der Waals surface area contributed by atoms with E-state index in [0.29, 0.717) is 13.2 Å². The second-order valence-electron chi connectivity index (χ2n) is 5.05. The fourth-order valence-electron chi connectivity index (χ4n) is 1.92. The highest BCUT2D eigenvalue weighted by atomic mass is 16.5. The second kappa shape index (κ2) is 8.39. The average Bonchev–Trinajstić information content (AvgIpc) is 2.52. The monoisotopic (exact) mass is 286 g/mol. The number of hydrogen-bond donors (Lipinski definition) is 2. The van der Waals surface area contributed by atoms with Gasteiger partial charge in [-0.1, -0.05) is 23.8 Å². The highest BCUT2D eigenvalue weighted by Gasteiger charge is 2.05. The third-order valence-corrected chi connectivity index (χ3v) is 3.13. The Kier molecular flexibility index (Phi) is 6.19. The van der Waals surface area contributed by atoms with E-state index in [-0.39, 0.29) is 0 Å². The van der Waals surface area contributed by atoms with Gasteiger partial charge in [-0.3, -0.25) is 4.98 Å². The third-order valence-electron chi connectivity index (χ3n) is 3.13.